The van der Waals surface area contributed by atoms with E-state index in [-0.39, 0.29) is 11.6 Å². The molecule has 0 unspecified atom stereocenters. The summed E-state index contributed by atoms with van der Waals surface area (Å²) < 4.78 is 18.1. The fourth-order valence-electron chi connectivity index (χ4n) is 1.47. The molecular formula is C13H11FO2S. The van der Waals surface area contributed by atoms with Gasteiger partial charge < -0.3 is 4.74 Å². The molecule has 88 valence electrons. The van der Waals surface area contributed by atoms with Crippen molar-refractivity contribution >= 4 is 17.1 Å². The van der Waals surface area contributed by atoms with Crippen molar-refractivity contribution in [1.29, 1.82) is 0 Å². The molecule has 0 aliphatic rings. The van der Waals surface area contributed by atoms with Crippen molar-refractivity contribution in [3.8, 4) is 5.75 Å². The summed E-state index contributed by atoms with van der Waals surface area (Å²) in [5.74, 6) is 0.254. The molecule has 0 radical (unpaired) electrons. The average Bonchev–Trinajstić information content (AvgIpc) is 2.80. The van der Waals surface area contributed by atoms with Crippen molar-refractivity contribution in [2.75, 3.05) is 7.11 Å². The molecule has 0 aliphatic heterocycles. The monoisotopic (exact) mass is 250 g/mol. The van der Waals surface area contributed by atoms with E-state index >= 15 is 0 Å². The summed E-state index contributed by atoms with van der Waals surface area (Å²) in [6.45, 7) is 1.64. The van der Waals surface area contributed by atoms with Crippen molar-refractivity contribution in [2.24, 2.45) is 0 Å². The molecule has 0 bridgehead atoms. The molecule has 1 heterocycles. The van der Waals surface area contributed by atoms with Crippen LogP contribution in [-0.2, 0) is 0 Å². The topological polar surface area (TPSA) is 26.3 Å². The summed E-state index contributed by atoms with van der Waals surface area (Å²) in [5, 5.41) is 1.77. The van der Waals surface area contributed by atoms with Crippen LogP contribution in [0.15, 0.2) is 29.6 Å². The van der Waals surface area contributed by atoms with E-state index in [1.54, 1.807) is 31.5 Å². The summed E-state index contributed by atoms with van der Waals surface area (Å²) in [4.78, 5) is 12.7. The molecule has 2 rings (SSSR count). The molecule has 0 saturated heterocycles. The summed E-state index contributed by atoms with van der Waals surface area (Å²) in [7, 11) is 1.55. The molecule has 2 nitrogen and oxygen atoms in total. The lowest BCUT2D eigenvalue weighted by Crippen LogP contribution is -1.99. The van der Waals surface area contributed by atoms with Gasteiger partial charge in [0.2, 0.25) is 5.78 Å². The van der Waals surface area contributed by atoms with Crippen LogP contribution in [0.5, 0.6) is 5.75 Å². The first-order chi connectivity index (χ1) is 8.11. The Balaban J connectivity index is 2.33. The molecule has 0 aliphatic carbocycles. The lowest BCUT2D eigenvalue weighted by atomic mass is 10.1. The zero-order valence-corrected chi connectivity index (χ0v) is 10.3. The van der Waals surface area contributed by atoms with E-state index in [1.165, 1.54) is 23.5 Å². The number of benzene rings is 1. The van der Waals surface area contributed by atoms with Crippen molar-refractivity contribution in [2.45, 2.75) is 6.92 Å². The van der Waals surface area contributed by atoms with E-state index in [0.29, 0.717) is 21.8 Å². The van der Waals surface area contributed by atoms with E-state index in [2.05, 4.69) is 0 Å². The molecule has 17 heavy (non-hydrogen) atoms. The Morgan fingerprint density at radius 2 is 2.12 bits per heavy atom. The molecule has 1 aromatic heterocycles. The second-order valence-corrected chi connectivity index (χ2v) is 4.56. The third-order valence-electron chi connectivity index (χ3n) is 2.46. The first-order valence-corrected chi connectivity index (χ1v) is 5.93. The fraction of sp³-hybridized carbons (Fsp3) is 0.154. The molecule has 0 spiro atoms. The number of halogens is 1. The van der Waals surface area contributed by atoms with E-state index < -0.39 is 0 Å². The normalized spacial score (nSPS) is 10.3. The lowest BCUT2D eigenvalue weighted by Gasteiger charge is -2.00. The molecular weight excluding hydrogens is 239 g/mol. The average molecular weight is 250 g/mol. The summed E-state index contributed by atoms with van der Waals surface area (Å²) in [6.07, 6.45) is 0. The van der Waals surface area contributed by atoms with Gasteiger partial charge in [-0.3, -0.25) is 4.79 Å². The fourth-order valence-corrected chi connectivity index (χ4v) is 2.29. The van der Waals surface area contributed by atoms with Crippen LogP contribution < -0.4 is 4.74 Å². The Labute approximate surface area is 103 Å². The molecule has 0 N–H and O–H groups in total. The summed E-state index contributed by atoms with van der Waals surface area (Å²) in [5.41, 5.74) is 0.966. The van der Waals surface area contributed by atoms with Gasteiger partial charge in [-0.25, -0.2) is 4.39 Å². The smallest absolute Gasteiger partial charge is 0.203 e. The van der Waals surface area contributed by atoms with Crippen LogP contribution >= 0.6 is 11.3 Å². The highest BCUT2D eigenvalue weighted by Gasteiger charge is 2.13. The Hall–Kier alpha value is -1.68. The predicted octanol–water partition coefficient (Wildman–Crippen LogP) is 3.44. The third-order valence-corrected chi connectivity index (χ3v) is 3.36. The zero-order chi connectivity index (χ0) is 12.4. The van der Waals surface area contributed by atoms with Crippen LogP contribution in [0.2, 0.25) is 0 Å². The molecule has 4 heteroatoms. The predicted molar refractivity (Wildman–Crippen MR) is 65.4 cm³/mol. The highest BCUT2D eigenvalue weighted by Crippen LogP contribution is 2.24. The SMILES string of the molecule is COc1csc(C(=O)c2ccc(F)c(C)c2)c1. The Morgan fingerprint density at radius 1 is 1.35 bits per heavy atom. The number of rotatable bonds is 3. The van der Waals surface area contributed by atoms with Gasteiger partial charge in [-0.1, -0.05) is 0 Å². The van der Waals surface area contributed by atoms with Gasteiger partial charge in [0.25, 0.3) is 0 Å². The maximum absolute atomic E-state index is 13.1. The number of thiophene rings is 1. The third kappa shape index (κ3) is 2.36. The minimum atomic E-state index is -0.301. The van der Waals surface area contributed by atoms with Crippen LogP contribution in [0.1, 0.15) is 20.8 Å². The number of hydrogen-bond acceptors (Lipinski definition) is 3. The summed E-state index contributed by atoms with van der Waals surface area (Å²) >= 11 is 1.32. The number of methoxy groups -OCH3 is 1. The lowest BCUT2D eigenvalue weighted by molar-refractivity contribution is 0.104. The van der Waals surface area contributed by atoms with Gasteiger partial charge in [0.1, 0.15) is 11.6 Å². The van der Waals surface area contributed by atoms with Crippen molar-refractivity contribution < 1.29 is 13.9 Å². The van der Waals surface area contributed by atoms with Gasteiger partial charge in [0.15, 0.2) is 0 Å². The highest BCUT2D eigenvalue weighted by molar-refractivity contribution is 7.12. The molecule has 2 aromatic rings. The maximum Gasteiger partial charge on any atom is 0.203 e. The van der Waals surface area contributed by atoms with Crippen LogP contribution in [0.25, 0.3) is 0 Å². The molecule has 0 saturated carbocycles. The van der Waals surface area contributed by atoms with E-state index in [4.69, 9.17) is 4.74 Å². The van der Waals surface area contributed by atoms with Crippen LogP contribution in [0, 0.1) is 12.7 Å². The number of carbonyl (C=O) groups is 1. The number of ether oxygens (including phenoxy) is 1. The number of ketones is 1. The van der Waals surface area contributed by atoms with Gasteiger partial charge in [0, 0.05) is 17.0 Å². The van der Waals surface area contributed by atoms with Gasteiger partial charge in [-0.15, -0.1) is 11.3 Å². The Morgan fingerprint density at radius 3 is 2.71 bits per heavy atom. The standard InChI is InChI=1S/C13H11FO2S/c1-8-5-9(3-4-11(8)14)13(15)12-6-10(16-2)7-17-12/h3-7H,1-2H3. The first kappa shape index (κ1) is 11.8. The van der Waals surface area contributed by atoms with Crippen LogP contribution in [-0.4, -0.2) is 12.9 Å². The van der Waals surface area contributed by atoms with Gasteiger partial charge >= 0.3 is 0 Å². The zero-order valence-electron chi connectivity index (χ0n) is 9.49. The van der Waals surface area contributed by atoms with E-state index in [0.717, 1.165) is 0 Å². The first-order valence-electron chi connectivity index (χ1n) is 5.05. The molecule has 0 fully saturated rings. The largest absolute Gasteiger partial charge is 0.496 e. The van der Waals surface area contributed by atoms with Gasteiger partial charge in [0.05, 0.1) is 12.0 Å². The molecule has 0 atom stereocenters. The highest BCUT2D eigenvalue weighted by atomic mass is 32.1. The van der Waals surface area contributed by atoms with Crippen molar-refractivity contribution in [1.82, 2.24) is 0 Å². The quantitative estimate of drug-likeness (QED) is 0.780. The minimum Gasteiger partial charge on any atom is -0.496 e. The molecule has 1 aromatic carbocycles. The van der Waals surface area contributed by atoms with Gasteiger partial charge in [-0.05, 0) is 30.7 Å². The van der Waals surface area contributed by atoms with Crippen molar-refractivity contribution in [3.63, 3.8) is 0 Å². The Kier molecular flexibility index (Phi) is 3.24. The number of hydrogen-bond donors (Lipinski definition) is 0. The van der Waals surface area contributed by atoms with Crippen LogP contribution in [0.3, 0.4) is 0 Å². The van der Waals surface area contributed by atoms with Gasteiger partial charge in [-0.2, -0.15) is 0 Å². The van der Waals surface area contributed by atoms with Crippen molar-refractivity contribution in [3.05, 3.63) is 51.5 Å². The summed E-state index contributed by atoms with van der Waals surface area (Å²) in [6, 6.07) is 6.06. The maximum atomic E-state index is 13.1. The number of carbonyl (C=O) groups excluding carboxylic acids is 1. The van der Waals surface area contributed by atoms with E-state index in [9.17, 15) is 9.18 Å². The minimum absolute atomic E-state index is 0.110. The number of aryl methyl sites for hydroxylation is 1. The molecule has 0 amide bonds. The van der Waals surface area contributed by atoms with E-state index in [1.807, 2.05) is 0 Å². The second-order valence-electron chi connectivity index (χ2n) is 3.64. The Bertz CT molecular complexity index is 560. The second kappa shape index (κ2) is 4.67. The van der Waals surface area contributed by atoms with Crippen LogP contribution in [0.4, 0.5) is 4.39 Å².